The van der Waals surface area contributed by atoms with Crippen molar-refractivity contribution in [2.45, 2.75) is 13.3 Å². The Balaban J connectivity index is 2.06. The average molecular weight is 204 g/mol. The minimum absolute atomic E-state index is 0.241. The number of carbonyl (C=O) groups is 1. The van der Waals surface area contributed by atoms with Crippen LogP contribution in [0.2, 0.25) is 0 Å². The number of rotatable bonds is 2. The van der Waals surface area contributed by atoms with E-state index in [1.54, 1.807) is 6.20 Å². The van der Waals surface area contributed by atoms with E-state index in [1.165, 1.54) is 0 Å². The number of esters is 1. The zero-order valence-corrected chi connectivity index (χ0v) is 8.49. The zero-order chi connectivity index (χ0) is 10.7. The van der Waals surface area contributed by atoms with E-state index >= 15 is 0 Å². The number of nitrogens with zero attached hydrogens (tertiary/aromatic N) is 1. The van der Waals surface area contributed by atoms with Crippen molar-refractivity contribution in [1.29, 1.82) is 0 Å². The fraction of sp³-hybridized carbons (Fsp3) is 0.273. The first-order valence-electron chi connectivity index (χ1n) is 4.82. The van der Waals surface area contributed by atoms with E-state index in [0.29, 0.717) is 18.6 Å². The lowest BCUT2D eigenvalue weighted by Crippen LogP contribution is -1.99. The van der Waals surface area contributed by atoms with E-state index in [4.69, 9.17) is 4.74 Å². The van der Waals surface area contributed by atoms with Crippen LogP contribution in [0.4, 0.5) is 5.82 Å². The minimum atomic E-state index is -0.241. The first-order chi connectivity index (χ1) is 7.25. The number of aryl methyl sites for hydroxylation is 1. The molecule has 4 nitrogen and oxygen atoms in total. The zero-order valence-electron chi connectivity index (χ0n) is 8.49. The number of hydrogen-bond acceptors (Lipinski definition) is 4. The van der Waals surface area contributed by atoms with Crippen LogP contribution in [0.15, 0.2) is 30.0 Å². The van der Waals surface area contributed by atoms with Crippen LogP contribution in [0.25, 0.3) is 0 Å². The van der Waals surface area contributed by atoms with E-state index < -0.39 is 0 Å². The summed E-state index contributed by atoms with van der Waals surface area (Å²) in [6.45, 7) is 2.40. The molecule has 1 aromatic heterocycles. The van der Waals surface area contributed by atoms with Gasteiger partial charge in [-0.25, -0.2) is 9.78 Å². The number of anilines is 1. The number of hydrogen-bond donors (Lipinski definition) is 1. The molecule has 1 saturated heterocycles. The molecule has 1 aliphatic rings. The van der Waals surface area contributed by atoms with Gasteiger partial charge in [0.05, 0.1) is 12.2 Å². The summed E-state index contributed by atoms with van der Waals surface area (Å²) in [5, 5.41) is 2.98. The molecule has 0 unspecified atom stereocenters. The Labute approximate surface area is 88.0 Å². The molecule has 0 aliphatic carbocycles. The van der Waals surface area contributed by atoms with Gasteiger partial charge in [0.25, 0.3) is 0 Å². The van der Waals surface area contributed by atoms with Crippen LogP contribution in [-0.2, 0) is 9.53 Å². The highest BCUT2D eigenvalue weighted by Gasteiger charge is 2.17. The van der Waals surface area contributed by atoms with E-state index in [-0.39, 0.29) is 5.97 Å². The average Bonchev–Trinajstić information content (AvgIpc) is 2.61. The normalized spacial score (nSPS) is 17.9. The number of ether oxygens (including phenoxy) is 1. The second-order valence-corrected chi connectivity index (χ2v) is 3.36. The number of cyclic esters (lactones) is 1. The fourth-order valence-electron chi connectivity index (χ4n) is 1.36. The molecule has 1 N–H and O–H groups in total. The predicted octanol–water partition coefficient (Wildman–Crippen LogP) is 1.63. The van der Waals surface area contributed by atoms with E-state index in [0.717, 1.165) is 11.5 Å². The molecule has 0 atom stereocenters. The third-order valence-electron chi connectivity index (χ3n) is 2.15. The summed E-state index contributed by atoms with van der Waals surface area (Å²) in [4.78, 5) is 15.4. The Kier molecular flexibility index (Phi) is 2.67. The van der Waals surface area contributed by atoms with Crippen LogP contribution in [0.3, 0.4) is 0 Å². The third kappa shape index (κ3) is 2.34. The van der Waals surface area contributed by atoms with Gasteiger partial charge in [0, 0.05) is 18.3 Å². The number of nitrogens with one attached hydrogen (secondary N) is 1. The van der Waals surface area contributed by atoms with Gasteiger partial charge in [-0.15, -0.1) is 0 Å². The van der Waals surface area contributed by atoms with Crippen molar-refractivity contribution in [1.82, 2.24) is 4.98 Å². The summed E-state index contributed by atoms with van der Waals surface area (Å²) in [5.41, 5.74) is 1.60. The second kappa shape index (κ2) is 4.13. The molecule has 1 aromatic rings. The molecule has 0 bridgehead atoms. The molecule has 2 rings (SSSR count). The molecule has 2 heterocycles. The van der Waals surface area contributed by atoms with Gasteiger partial charge >= 0.3 is 5.97 Å². The van der Waals surface area contributed by atoms with Crippen molar-refractivity contribution < 1.29 is 9.53 Å². The summed E-state index contributed by atoms with van der Waals surface area (Å²) < 4.78 is 4.81. The lowest BCUT2D eigenvalue weighted by molar-refractivity contribution is -0.135. The van der Waals surface area contributed by atoms with Gasteiger partial charge in [0.2, 0.25) is 0 Å². The van der Waals surface area contributed by atoms with Gasteiger partial charge in [-0.3, -0.25) is 0 Å². The highest BCUT2D eigenvalue weighted by atomic mass is 16.5. The molecule has 15 heavy (non-hydrogen) atoms. The van der Waals surface area contributed by atoms with E-state index in [1.807, 2.05) is 25.1 Å². The van der Waals surface area contributed by atoms with Crippen LogP contribution in [0, 0.1) is 6.92 Å². The summed E-state index contributed by atoms with van der Waals surface area (Å²) in [6, 6.07) is 5.68. The Morgan fingerprint density at radius 1 is 1.53 bits per heavy atom. The molecule has 4 heteroatoms. The first-order valence-corrected chi connectivity index (χ1v) is 4.82. The highest BCUT2D eigenvalue weighted by Crippen LogP contribution is 2.13. The SMILES string of the molecule is Cc1cccc(N/C=C2/CCOC2=O)n1. The maximum atomic E-state index is 11.1. The summed E-state index contributed by atoms with van der Waals surface area (Å²) in [7, 11) is 0. The lowest BCUT2D eigenvalue weighted by Gasteiger charge is -2.00. The van der Waals surface area contributed by atoms with Crippen LogP contribution >= 0.6 is 0 Å². The Hall–Kier alpha value is -1.84. The molecule has 1 fully saturated rings. The molecule has 0 aromatic carbocycles. The number of pyridine rings is 1. The topological polar surface area (TPSA) is 51.2 Å². The Morgan fingerprint density at radius 2 is 2.40 bits per heavy atom. The largest absolute Gasteiger partial charge is 0.462 e. The Bertz CT molecular complexity index is 413. The van der Waals surface area contributed by atoms with Gasteiger partial charge in [-0.2, -0.15) is 0 Å². The second-order valence-electron chi connectivity index (χ2n) is 3.36. The van der Waals surface area contributed by atoms with Crippen molar-refractivity contribution >= 4 is 11.8 Å². The minimum Gasteiger partial charge on any atom is -0.462 e. The summed E-state index contributed by atoms with van der Waals surface area (Å²) >= 11 is 0. The van der Waals surface area contributed by atoms with Crippen molar-refractivity contribution in [3.05, 3.63) is 35.7 Å². The molecule has 78 valence electrons. The Morgan fingerprint density at radius 3 is 3.07 bits per heavy atom. The van der Waals surface area contributed by atoms with Crippen molar-refractivity contribution in [2.75, 3.05) is 11.9 Å². The maximum absolute atomic E-state index is 11.1. The quantitative estimate of drug-likeness (QED) is 0.587. The fourth-order valence-corrected chi connectivity index (χ4v) is 1.36. The van der Waals surface area contributed by atoms with Crippen LogP contribution in [0.5, 0.6) is 0 Å². The van der Waals surface area contributed by atoms with Crippen LogP contribution < -0.4 is 5.32 Å². The van der Waals surface area contributed by atoms with Gasteiger partial charge in [-0.05, 0) is 19.1 Å². The standard InChI is InChI=1S/C11H12N2O2/c1-8-3-2-4-10(13-8)12-7-9-5-6-15-11(9)14/h2-4,7H,5-6H2,1H3,(H,12,13)/b9-7-. The lowest BCUT2D eigenvalue weighted by atomic mass is 10.2. The van der Waals surface area contributed by atoms with E-state index in [9.17, 15) is 4.79 Å². The molecule has 0 spiro atoms. The number of aromatic nitrogens is 1. The maximum Gasteiger partial charge on any atom is 0.335 e. The third-order valence-corrected chi connectivity index (χ3v) is 2.15. The highest BCUT2D eigenvalue weighted by molar-refractivity contribution is 5.90. The van der Waals surface area contributed by atoms with Gasteiger partial charge in [0.15, 0.2) is 0 Å². The van der Waals surface area contributed by atoms with Crippen molar-refractivity contribution in [3.63, 3.8) is 0 Å². The molecule has 0 amide bonds. The van der Waals surface area contributed by atoms with Crippen molar-refractivity contribution in [2.24, 2.45) is 0 Å². The van der Waals surface area contributed by atoms with Gasteiger partial charge in [-0.1, -0.05) is 6.07 Å². The van der Waals surface area contributed by atoms with Crippen LogP contribution in [0.1, 0.15) is 12.1 Å². The smallest absolute Gasteiger partial charge is 0.335 e. The van der Waals surface area contributed by atoms with E-state index in [2.05, 4.69) is 10.3 Å². The molecule has 1 aliphatic heterocycles. The van der Waals surface area contributed by atoms with Gasteiger partial charge < -0.3 is 10.1 Å². The molecule has 0 saturated carbocycles. The summed E-state index contributed by atoms with van der Waals surface area (Å²) in [6.07, 6.45) is 2.33. The summed E-state index contributed by atoms with van der Waals surface area (Å²) in [5.74, 6) is 0.498. The molecule has 0 radical (unpaired) electrons. The first kappa shape index (κ1) is 9.71. The van der Waals surface area contributed by atoms with Crippen LogP contribution in [-0.4, -0.2) is 17.6 Å². The molecular weight excluding hydrogens is 192 g/mol. The van der Waals surface area contributed by atoms with Gasteiger partial charge in [0.1, 0.15) is 5.82 Å². The van der Waals surface area contributed by atoms with Crippen molar-refractivity contribution in [3.8, 4) is 0 Å². The monoisotopic (exact) mass is 204 g/mol. The molecular formula is C11H12N2O2. The predicted molar refractivity (Wildman–Crippen MR) is 56.3 cm³/mol. The number of carbonyl (C=O) groups excluding carboxylic acids is 1.